The number of piperazine rings is 1. The Labute approximate surface area is 210 Å². The summed E-state index contributed by atoms with van der Waals surface area (Å²) in [6.45, 7) is 5.49. The highest BCUT2D eigenvalue weighted by molar-refractivity contribution is 5.91. The lowest BCUT2D eigenvalue weighted by atomic mass is 10.2. The van der Waals surface area contributed by atoms with Crippen molar-refractivity contribution in [3.05, 3.63) is 72.2 Å². The zero-order valence-corrected chi connectivity index (χ0v) is 20.8. The first kappa shape index (κ1) is 23.6. The summed E-state index contributed by atoms with van der Waals surface area (Å²) >= 11 is 0. The molecule has 5 rings (SSSR count). The fraction of sp³-hybridized carbons (Fsp3) is 0.296. The topological polar surface area (TPSA) is 84.8 Å². The van der Waals surface area contributed by atoms with Gasteiger partial charge < -0.3 is 19.7 Å². The number of benzene rings is 2. The molecule has 0 aliphatic carbocycles. The van der Waals surface area contributed by atoms with Crippen molar-refractivity contribution in [3.8, 4) is 17.2 Å². The average molecular weight is 487 g/mol. The first-order valence-electron chi connectivity index (χ1n) is 12.0. The summed E-state index contributed by atoms with van der Waals surface area (Å²) in [5.41, 5.74) is 4.58. The normalized spacial score (nSPS) is 14.1. The quantitative estimate of drug-likeness (QED) is 0.442. The summed E-state index contributed by atoms with van der Waals surface area (Å²) in [6, 6.07) is 17.5. The molecule has 9 nitrogen and oxygen atoms in total. The molecule has 1 fully saturated rings. The van der Waals surface area contributed by atoms with E-state index >= 15 is 0 Å². The lowest BCUT2D eigenvalue weighted by molar-refractivity contribution is 0.140. The van der Waals surface area contributed by atoms with Gasteiger partial charge in [0.2, 0.25) is 0 Å². The minimum absolute atomic E-state index is 0.144. The van der Waals surface area contributed by atoms with Gasteiger partial charge in [0.05, 0.1) is 26.5 Å². The molecule has 2 aromatic carbocycles. The van der Waals surface area contributed by atoms with Crippen molar-refractivity contribution in [3.63, 3.8) is 0 Å². The number of carbonyl (C=O) groups is 1. The minimum atomic E-state index is -0.144. The van der Waals surface area contributed by atoms with Crippen molar-refractivity contribution >= 4 is 22.9 Å². The van der Waals surface area contributed by atoms with E-state index in [9.17, 15) is 4.79 Å². The predicted octanol–water partition coefficient (Wildman–Crippen LogP) is 4.10. The monoisotopic (exact) mass is 486 g/mol. The molecular weight excluding hydrogens is 456 g/mol. The van der Waals surface area contributed by atoms with Gasteiger partial charge in [-0.3, -0.25) is 9.47 Å². The van der Waals surface area contributed by atoms with E-state index in [1.54, 1.807) is 38.6 Å². The van der Waals surface area contributed by atoms with Gasteiger partial charge in [-0.15, -0.1) is 0 Å². The van der Waals surface area contributed by atoms with Crippen LogP contribution < -0.4 is 14.8 Å². The summed E-state index contributed by atoms with van der Waals surface area (Å²) in [5.74, 6) is 2.17. The number of nitrogens with one attached hydrogen (secondary N) is 1. The van der Waals surface area contributed by atoms with Crippen LogP contribution in [0.25, 0.3) is 16.9 Å². The van der Waals surface area contributed by atoms with Crippen LogP contribution in [0.4, 0.5) is 10.5 Å². The molecule has 0 radical (unpaired) electrons. The highest BCUT2D eigenvalue weighted by Gasteiger charge is 2.24. The molecule has 0 bridgehead atoms. The van der Waals surface area contributed by atoms with E-state index in [0.29, 0.717) is 36.8 Å². The summed E-state index contributed by atoms with van der Waals surface area (Å²) in [6.07, 6.45) is 1.80. The number of hydrogen-bond donors (Lipinski definition) is 1. The number of imidazole rings is 1. The third-order valence-corrected chi connectivity index (χ3v) is 6.42. The lowest BCUT2D eigenvalue weighted by Crippen LogP contribution is -2.49. The Balaban J connectivity index is 1.27. The number of pyridine rings is 1. The zero-order valence-electron chi connectivity index (χ0n) is 20.8. The van der Waals surface area contributed by atoms with Crippen LogP contribution in [-0.2, 0) is 6.54 Å². The summed E-state index contributed by atoms with van der Waals surface area (Å²) < 4.78 is 12.8. The molecule has 2 aromatic heterocycles. The van der Waals surface area contributed by atoms with Crippen molar-refractivity contribution in [2.45, 2.75) is 13.5 Å². The van der Waals surface area contributed by atoms with Crippen LogP contribution in [-0.4, -0.2) is 70.8 Å². The number of ether oxygens (including phenoxy) is 2. The van der Waals surface area contributed by atoms with Crippen LogP contribution in [0.5, 0.6) is 11.5 Å². The van der Waals surface area contributed by atoms with Crippen molar-refractivity contribution in [2.75, 3.05) is 45.7 Å². The van der Waals surface area contributed by atoms with Crippen LogP contribution in [0.3, 0.4) is 0 Å². The first-order chi connectivity index (χ1) is 17.6. The number of rotatable bonds is 6. The number of nitrogens with zero attached hydrogens (tertiary/aromatic N) is 5. The maximum absolute atomic E-state index is 12.9. The molecule has 1 aliphatic rings. The number of amides is 2. The van der Waals surface area contributed by atoms with Crippen LogP contribution in [0.15, 0.2) is 60.8 Å². The van der Waals surface area contributed by atoms with Gasteiger partial charge in [0.1, 0.15) is 22.8 Å². The Kier molecular flexibility index (Phi) is 6.73. The predicted molar refractivity (Wildman–Crippen MR) is 139 cm³/mol. The number of hydrogen-bond acceptors (Lipinski definition) is 6. The molecular formula is C27H30N6O3. The molecule has 4 aromatic rings. The van der Waals surface area contributed by atoms with Gasteiger partial charge in [0, 0.05) is 44.1 Å². The second-order valence-corrected chi connectivity index (χ2v) is 8.81. The van der Waals surface area contributed by atoms with E-state index in [4.69, 9.17) is 14.5 Å². The molecule has 1 N–H and O–H groups in total. The largest absolute Gasteiger partial charge is 0.497 e. The second-order valence-electron chi connectivity index (χ2n) is 8.81. The third-order valence-electron chi connectivity index (χ3n) is 6.42. The third kappa shape index (κ3) is 4.83. The number of aromatic nitrogens is 3. The summed E-state index contributed by atoms with van der Waals surface area (Å²) in [4.78, 5) is 26.6. The SMILES string of the molecule is COc1ccc(NC(=O)N2CCN(Cc3nc4cccnc4n3-c3cccc(C)c3)CC2)c(OC)c1. The van der Waals surface area contributed by atoms with Crippen molar-refractivity contribution < 1.29 is 14.3 Å². The van der Waals surface area contributed by atoms with Gasteiger partial charge in [0.15, 0.2) is 5.65 Å². The Morgan fingerprint density at radius 2 is 1.83 bits per heavy atom. The number of anilines is 1. The molecule has 0 saturated carbocycles. The molecule has 0 unspecified atom stereocenters. The molecule has 0 atom stereocenters. The molecule has 36 heavy (non-hydrogen) atoms. The molecule has 0 spiro atoms. The number of fused-ring (bicyclic) bond motifs is 1. The minimum Gasteiger partial charge on any atom is -0.497 e. The van der Waals surface area contributed by atoms with Crippen LogP contribution >= 0.6 is 0 Å². The first-order valence-corrected chi connectivity index (χ1v) is 12.0. The van der Waals surface area contributed by atoms with Crippen LogP contribution in [0.2, 0.25) is 0 Å². The molecule has 1 saturated heterocycles. The highest BCUT2D eigenvalue weighted by atomic mass is 16.5. The Bertz CT molecular complexity index is 1380. The van der Waals surface area contributed by atoms with Crippen molar-refractivity contribution in [1.82, 2.24) is 24.3 Å². The zero-order chi connectivity index (χ0) is 25.1. The van der Waals surface area contributed by atoms with E-state index in [1.807, 2.05) is 17.0 Å². The Morgan fingerprint density at radius 1 is 1.00 bits per heavy atom. The van der Waals surface area contributed by atoms with Gasteiger partial charge in [-0.25, -0.2) is 14.8 Å². The smallest absolute Gasteiger partial charge is 0.322 e. The molecule has 9 heteroatoms. The molecule has 186 valence electrons. The molecule has 1 aliphatic heterocycles. The van der Waals surface area contributed by atoms with E-state index in [0.717, 1.165) is 35.8 Å². The van der Waals surface area contributed by atoms with Gasteiger partial charge in [0.25, 0.3) is 0 Å². The molecule has 2 amide bonds. The number of carbonyl (C=O) groups excluding carboxylic acids is 1. The Hall–Kier alpha value is -4.11. The van der Waals surface area contributed by atoms with Gasteiger partial charge in [-0.1, -0.05) is 12.1 Å². The fourth-order valence-electron chi connectivity index (χ4n) is 4.51. The number of methoxy groups -OCH3 is 2. The number of urea groups is 1. The maximum atomic E-state index is 12.9. The van der Waals surface area contributed by atoms with Crippen molar-refractivity contribution in [1.29, 1.82) is 0 Å². The van der Waals surface area contributed by atoms with Crippen LogP contribution in [0.1, 0.15) is 11.4 Å². The average Bonchev–Trinajstić information content (AvgIpc) is 3.27. The number of aryl methyl sites for hydroxylation is 1. The Morgan fingerprint density at radius 3 is 2.58 bits per heavy atom. The van der Waals surface area contributed by atoms with E-state index in [-0.39, 0.29) is 6.03 Å². The van der Waals surface area contributed by atoms with Gasteiger partial charge in [-0.05, 0) is 48.9 Å². The summed E-state index contributed by atoms with van der Waals surface area (Å²) in [5, 5.41) is 2.96. The van der Waals surface area contributed by atoms with E-state index < -0.39 is 0 Å². The molecule has 3 heterocycles. The van der Waals surface area contributed by atoms with E-state index in [1.165, 1.54) is 5.56 Å². The standard InChI is InChI=1S/C27H30N6O3/c1-19-6-4-7-20(16-19)33-25(29-23-8-5-11-28-26(23)33)18-31-12-14-32(15-13-31)27(34)30-22-10-9-21(35-2)17-24(22)36-3/h4-11,16-17H,12-15,18H2,1-3H3,(H,30,34). The van der Waals surface area contributed by atoms with Crippen LogP contribution in [0, 0.1) is 6.92 Å². The van der Waals surface area contributed by atoms with E-state index in [2.05, 4.69) is 51.0 Å². The van der Waals surface area contributed by atoms with Gasteiger partial charge in [-0.2, -0.15) is 0 Å². The maximum Gasteiger partial charge on any atom is 0.322 e. The fourth-order valence-corrected chi connectivity index (χ4v) is 4.51. The van der Waals surface area contributed by atoms with Crippen molar-refractivity contribution in [2.24, 2.45) is 0 Å². The summed E-state index contributed by atoms with van der Waals surface area (Å²) in [7, 11) is 3.17. The highest BCUT2D eigenvalue weighted by Crippen LogP contribution is 2.29. The lowest BCUT2D eigenvalue weighted by Gasteiger charge is -2.34. The second kappa shape index (κ2) is 10.2. The van der Waals surface area contributed by atoms with Gasteiger partial charge >= 0.3 is 6.03 Å².